The van der Waals surface area contributed by atoms with E-state index in [0.717, 1.165) is 29.9 Å². The maximum Gasteiger partial charge on any atom is 0.118 e. The van der Waals surface area contributed by atoms with Gasteiger partial charge < -0.3 is 10.5 Å². The minimum atomic E-state index is -1.01. The highest BCUT2D eigenvalue weighted by molar-refractivity contribution is 7.85. The molecule has 0 heterocycles. The summed E-state index contributed by atoms with van der Waals surface area (Å²) in [5, 5.41) is 0.0853. The van der Waals surface area contributed by atoms with Crippen LogP contribution in [-0.2, 0) is 10.8 Å². The van der Waals surface area contributed by atoms with Gasteiger partial charge in [0.2, 0.25) is 0 Å². The second kappa shape index (κ2) is 5.85. The van der Waals surface area contributed by atoms with Crippen LogP contribution in [0.25, 0.3) is 0 Å². The molecule has 2 N–H and O–H groups in total. The molecule has 0 radical (unpaired) electrons. The van der Waals surface area contributed by atoms with Crippen LogP contribution in [-0.4, -0.2) is 22.6 Å². The molecule has 18 heavy (non-hydrogen) atoms. The minimum absolute atomic E-state index is 0.0594. The Morgan fingerprint density at radius 3 is 2.56 bits per heavy atom. The lowest BCUT2D eigenvalue weighted by atomic mass is 9.87. The smallest absolute Gasteiger partial charge is 0.118 e. The number of hydrogen-bond donors (Lipinski definition) is 1. The Bertz CT molecular complexity index is 418. The molecule has 0 saturated heterocycles. The van der Waals surface area contributed by atoms with Crippen molar-refractivity contribution in [2.24, 2.45) is 11.7 Å². The van der Waals surface area contributed by atoms with E-state index in [1.165, 1.54) is 0 Å². The third-order valence-corrected chi connectivity index (χ3v) is 5.50. The molecule has 0 aliphatic heterocycles. The second-order valence-corrected chi connectivity index (χ2v) is 6.77. The fourth-order valence-electron chi connectivity index (χ4n) is 2.48. The van der Waals surface area contributed by atoms with Crippen molar-refractivity contribution < 1.29 is 8.95 Å². The largest absolute Gasteiger partial charge is 0.497 e. The summed E-state index contributed by atoms with van der Waals surface area (Å²) in [6.45, 7) is 2.21. The molecule has 1 saturated carbocycles. The van der Waals surface area contributed by atoms with Crippen LogP contribution >= 0.6 is 0 Å². The first-order chi connectivity index (χ1) is 8.61. The Hall–Kier alpha value is -0.870. The first kappa shape index (κ1) is 13.6. The van der Waals surface area contributed by atoms with Crippen LogP contribution in [0.5, 0.6) is 5.75 Å². The summed E-state index contributed by atoms with van der Waals surface area (Å²) >= 11 is 0. The maximum absolute atomic E-state index is 12.5. The zero-order valence-electron chi connectivity index (χ0n) is 11.0. The van der Waals surface area contributed by atoms with Crippen molar-refractivity contribution in [1.29, 1.82) is 0 Å². The molecule has 4 unspecified atom stereocenters. The normalized spacial score (nSPS) is 29.8. The molecule has 1 aliphatic carbocycles. The third-order valence-electron chi connectivity index (χ3n) is 3.67. The van der Waals surface area contributed by atoms with E-state index in [1.54, 1.807) is 7.11 Å². The molecule has 0 aromatic heterocycles. The Balaban J connectivity index is 2.13. The Morgan fingerprint density at radius 1 is 1.28 bits per heavy atom. The molecule has 0 amide bonds. The summed E-state index contributed by atoms with van der Waals surface area (Å²) in [7, 11) is 0.618. The average Bonchev–Trinajstić information content (AvgIpc) is 2.41. The van der Waals surface area contributed by atoms with Crippen LogP contribution in [0.4, 0.5) is 0 Å². The summed E-state index contributed by atoms with van der Waals surface area (Å²) in [6.07, 6.45) is 3.09. The number of nitrogens with two attached hydrogens (primary N) is 1. The standard InChI is InChI=1S/C14H21NO2S/c1-10-3-8-13(15)14(9-10)18(16)12-6-4-11(17-2)5-7-12/h4-7,10,13-14H,3,8-9,15H2,1-2H3. The summed E-state index contributed by atoms with van der Waals surface area (Å²) < 4.78 is 17.7. The first-order valence-corrected chi connectivity index (χ1v) is 7.63. The van der Waals surface area contributed by atoms with Crippen LogP contribution in [0.15, 0.2) is 29.2 Å². The van der Waals surface area contributed by atoms with Crippen LogP contribution in [0.2, 0.25) is 0 Å². The van der Waals surface area contributed by atoms with E-state index < -0.39 is 10.8 Å². The van der Waals surface area contributed by atoms with Gasteiger partial charge in [-0.2, -0.15) is 0 Å². The van der Waals surface area contributed by atoms with Gasteiger partial charge >= 0.3 is 0 Å². The highest BCUT2D eigenvalue weighted by Crippen LogP contribution is 2.29. The number of methoxy groups -OCH3 is 1. The van der Waals surface area contributed by atoms with Gasteiger partial charge in [-0.05, 0) is 49.4 Å². The highest BCUT2D eigenvalue weighted by atomic mass is 32.2. The number of hydrogen-bond acceptors (Lipinski definition) is 3. The molecule has 1 aromatic carbocycles. The quantitative estimate of drug-likeness (QED) is 0.914. The fourth-order valence-corrected chi connectivity index (χ4v) is 4.19. The van der Waals surface area contributed by atoms with Crippen molar-refractivity contribution in [3.8, 4) is 5.75 Å². The van der Waals surface area contributed by atoms with Gasteiger partial charge in [0, 0.05) is 10.9 Å². The van der Waals surface area contributed by atoms with E-state index in [1.807, 2.05) is 24.3 Å². The van der Waals surface area contributed by atoms with E-state index in [0.29, 0.717) is 5.92 Å². The van der Waals surface area contributed by atoms with Crippen LogP contribution < -0.4 is 10.5 Å². The van der Waals surface area contributed by atoms with Crippen molar-refractivity contribution in [3.05, 3.63) is 24.3 Å². The van der Waals surface area contributed by atoms with E-state index in [-0.39, 0.29) is 11.3 Å². The van der Waals surface area contributed by atoms with Gasteiger partial charge in [-0.1, -0.05) is 6.92 Å². The van der Waals surface area contributed by atoms with Gasteiger partial charge in [0.05, 0.1) is 23.2 Å². The second-order valence-electron chi connectivity index (χ2n) is 5.09. The van der Waals surface area contributed by atoms with Crippen molar-refractivity contribution in [1.82, 2.24) is 0 Å². The van der Waals surface area contributed by atoms with Crippen LogP contribution in [0, 0.1) is 5.92 Å². The molecular formula is C14H21NO2S. The fraction of sp³-hybridized carbons (Fsp3) is 0.571. The minimum Gasteiger partial charge on any atom is -0.497 e. The van der Waals surface area contributed by atoms with E-state index in [2.05, 4.69) is 6.92 Å². The summed E-state index contributed by atoms with van der Waals surface area (Å²) in [4.78, 5) is 0.852. The SMILES string of the molecule is COc1ccc(S(=O)C2CC(C)CCC2N)cc1. The van der Waals surface area contributed by atoms with E-state index in [4.69, 9.17) is 10.5 Å². The predicted molar refractivity (Wildman–Crippen MR) is 74.2 cm³/mol. The van der Waals surface area contributed by atoms with E-state index >= 15 is 0 Å². The van der Waals surface area contributed by atoms with Gasteiger partial charge in [-0.15, -0.1) is 0 Å². The third kappa shape index (κ3) is 2.93. The molecule has 1 aliphatic rings. The van der Waals surface area contributed by atoms with Gasteiger partial charge in [-0.25, -0.2) is 0 Å². The predicted octanol–water partition coefficient (Wildman–Crippen LogP) is 2.32. The Morgan fingerprint density at radius 2 is 1.94 bits per heavy atom. The summed E-state index contributed by atoms with van der Waals surface area (Å²) in [6, 6.07) is 7.52. The maximum atomic E-state index is 12.5. The monoisotopic (exact) mass is 267 g/mol. The van der Waals surface area contributed by atoms with Crippen molar-refractivity contribution in [3.63, 3.8) is 0 Å². The summed E-state index contributed by atoms with van der Waals surface area (Å²) in [5.74, 6) is 1.41. The van der Waals surface area contributed by atoms with Crippen molar-refractivity contribution in [2.45, 2.75) is 42.4 Å². The highest BCUT2D eigenvalue weighted by Gasteiger charge is 2.31. The van der Waals surface area contributed by atoms with E-state index in [9.17, 15) is 4.21 Å². The van der Waals surface area contributed by atoms with Crippen LogP contribution in [0.1, 0.15) is 26.2 Å². The average molecular weight is 267 g/mol. The number of ether oxygens (including phenoxy) is 1. The molecule has 0 spiro atoms. The molecule has 4 heteroatoms. The van der Waals surface area contributed by atoms with Crippen LogP contribution in [0.3, 0.4) is 0 Å². The number of benzene rings is 1. The lowest BCUT2D eigenvalue weighted by Gasteiger charge is -2.31. The molecule has 4 atom stereocenters. The first-order valence-electron chi connectivity index (χ1n) is 6.42. The number of rotatable bonds is 3. The van der Waals surface area contributed by atoms with Crippen molar-refractivity contribution >= 4 is 10.8 Å². The molecule has 1 aromatic rings. The molecular weight excluding hydrogens is 246 g/mol. The van der Waals surface area contributed by atoms with Gasteiger partial charge in [0.15, 0.2) is 0 Å². The lowest BCUT2D eigenvalue weighted by molar-refractivity contribution is 0.353. The van der Waals surface area contributed by atoms with Gasteiger partial charge in [0.25, 0.3) is 0 Å². The topological polar surface area (TPSA) is 52.3 Å². The Kier molecular flexibility index (Phi) is 4.40. The zero-order chi connectivity index (χ0) is 13.1. The van der Waals surface area contributed by atoms with Gasteiger partial charge in [0.1, 0.15) is 5.75 Å². The van der Waals surface area contributed by atoms with Crippen molar-refractivity contribution in [2.75, 3.05) is 7.11 Å². The lowest BCUT2D eigenvalue weighted by Crippen LogP contribution is -2.42. The molecule has 2 rings (SSSR count). The zero-order valence-corrected chi connectivity index (χ0v) is 11.8. The molecule has 0 bridgehead atoms. The summed E-state index contributed by atoms with van der Waals surface area (Å²) in [5.41, 5.74) is 6.12. The molecule has 3 nitrogen and oxygen atoms in total. The molecule has 100 valence electrons. The van der Waals surface area contributed by atoms with Gasteiger partial charge in [-0.3, -0.25) is 4.21 Å². The molecule has 1 fully saturated rings. The Labute approximate surface area is 111 Å².